The Morgan fingerprint density at radius 1 is 0.431 bits per heavy atom. The Bertz CT molecular complexity index is 3970. The lowest BCUT2D eigenvalue weighted by atomic mass is 9.79. The van der Waals surface area contributed by atoms with Gasteiger partial charge in [0.2, 0.25) is 0 Å². The normalized spacial score (nSPS) is 14.2. The number of benzene rings is 9. The molecule has 9 aromatic carbocycles. The van der Waals surface area contributed by atoms with Crippen LogP contribution in [-0.4, -0.2) is 14.5 Å². The summed E-state index contributed by atoms with van der Waals surface area (Å²) in [6.45, 7) is 6.84. The van der Waals surface area contributed by atoms with E-state index in [9.17, 15) is 0 Å². The molecular weight excluding hydrogens is 875 g/mol. The van der Waals surface area contributed by atoms with E-state index in [0.717, 1.165) is 72.2 Å². The molecule has 1 aliphatic carbocycles. The molecule has 4 heteroatoms. The van der Waals surface area contributed by atoms with E-state index in [1.807, 2.05) is 12.1 Å². The Labute approximate surface area is 419 Å². The van der Waals surface area contributed by atoms with E-state index in [1.165, 1.54) is 49.9 Å². The number of hydrogen-bond donors (Lipinski definition) is 0. The molecule has 0 bridgehead atoms. The van der Waals surface area contributed by atoms with Crippen molar-refractivity contribution in [1.29, 1.82) is 0 Å². The van der Waals surface area contributed by atoms with E-state index in [-0.39, 0.29) is 11.3 Å². The van der Waals surface area contributed by atoms with Gasteiger partial charge >= 0.3 is 0 Å². The minimum atomic E-state index is -0.0794. The summed E-state index contributed by atoms with van der Waals surface area (Å²) in [6.07, 6.45) is 3.07. The summed E-state index contributed by atoms with van der Waals surface area (Å²) in [7, 11) is 0. The number of furan rings is 1. The standard InChI is InChI=1S/C68H51N3O/c1-68(2,3)53-33-28-47(29-34-53)57-41-52(67-69-60(48-24-14-7-15-25-48)43-61(70-67)51-30-35-55-54-26-16-17-27-64(54)72-65(55)42-51)40-56(46-22-12-6-13-23-46)66(57)71-62-36-31-49(44-18-8-4-9-19-44)38-58(62)59-39-50(32-37-63(59)71)45-20-10-5-11-21-45/h4-39,41-43,56H,40H2,1-3H3. The molecule has 344 valence electrons. The Morgan fingerprint density at radius 3 is 1.56 bits per heavy atom. The Kier molecular flexibility index (Phi) is 10.5. The molecule has 0 saturated heterocycles. The number of rotatable bonds is 8. The van der Waals surface area contributed by atoms with Crippen LogP contribution in [0.1, 0.15) is 55.6 Å². The van der Waals surface area contributed by atoms with Crippen molar-refractivity contribution in [3.8, 4) is 44.8 Å². The Morgan fingerprint density at radius 2 is 0.944 bits per heavy atom. The third-order valence-electron chi connectivity index (χ3n) is 14.6. The molecule has 0 N–H and O–H groups in total. The van der Waals surface area contributed by atoms with Crippen LogP contribution in [0.3, 0.4) is 0 Å². The average molecular weight is 926 g/mol. The SMILES string of the molecule is CC(C)(C)c1ccc(C2=C(n3c4ccc(-c5ccccc5)cc4c4cc(-c5ccccc5)ccc43)C(c3ccccc3)CC(c3nc(-c4ccccc4)cc(-c4ccc5c(c4)oc4ccccc45)n3)=C2)cc1. The van der Waals surface area contributed by atoms with Gasteiger partial charge in [0.25, 0.3) is 0 Å². The van der Waals surface area contributed by atoms with Gasteiger partial charge in [-0.15, -0.1) is 0 Å². The van der Waals surface area contributed by atoms with E-state index in [1.54, 1.807) is 0 Å². The molecule has 0 aliphatic heterocycles. The van der Waals surface area contributed by atoms with Gasteiger partial charge in [0, 0.05) is 49.9 Å². The smallest absolute Gasteiger partial charge is 0.156 e. The molecule has 12 aromatic rings. The summed E-state index contributed by atoms with van der Waals surface area (Å²) < 4.78 is 9.01. The van der Waals surface area contributed by atoms with Crippen molar-refractivity contribution in [2.45, 2.75) is 38.5 Å². The highest BCUT2D eigenvalue weighted by Crippen LogP contribution is 2.50. The molecule has 13 rings (SSSR count). The predicted molar refractivity (Wildman–Crippen MR) is 301 cm³/mol. The van der Waals surface area contributed by atoms with E-state index in [0.29, 0.717) is 12.2 Å². The van der Waals surface area contributed by atoms with Crippen molar-refractivity contribution in [1.82, 2.24) is 14.5 Å². The first-order valence-electron chi connectivity index (χ1n) is 25.0. The van der Waals surface area contributed by atoms with Gasteiger partial charge in [0.15, 0.2) is 5.82 Å². The quantitative estimate of drug-likeness (QED) is 0.152. The lowest BCUT2D eigenvalue weighted by molar-refractivity contribution is 0.590. The van der Waals surface area contributed by atoms with Crippen LogP contribution in [-0.2, 0) is 5.41 Å². The monoisotopic (exact) mass is 925 g/mol. The molecule has 72 heavy (non-hydrogen) atoms. The van der Waals surface area contributed by atoms with Gasteiger partial charge in [0.05, 0.1) is 22.4 Å². The van der Waals surface area contributed by atoms with Crippen molar-refractivity contribution in [3.05, 3.63) is 259 Å². The van der Waals surface area contributed by atoms with Crippen LogP contribution in [0.15, 0.2) is 241 Å². The summed E-state index contributed by atoms with van der Waals surface area (Å²) in [6, 6.07) is 83.1. The first-order chi connectivity index (χ1) is 35.3. The number of para-hydroxylation sites is 1. The second-order valence-corrected chi connectivity index (χ2v) is 20.1. The highest BCUT2D eigenvalue weighted by molar-refractivity contribution is 6.15. The Balaban J connectivity index is 1.09. The van der Waals surface area contributed by atoms with Crippen LogP contribution in [0.5, 0.6) is 0 Å². The fourth-order valence-corrected chi connectivity index (χ4v) is 10.9. The van der Waals surface area contributed by atoms with E-state index in [4.69, 9.17) is 14.4 Å². The van der Waals surface area contributed by atoms with Crippen molar-refractivity contribution >= 4 is 60.6 Å². The first-order valence-corrected chi connectivity index (χ1v) is 25.0. The maximum absolute atomic E-state index is 6.43. The van der Waals surface area contributed by atoms with Crippen LogP contribution in [0, 0.1) is 0 Å². The van der Waals surface area contributed by atoms with Gasteiger partial charge < -0.3 is 8.98 Å². The zero-order valence-corrected chi connectivity index (χ0v) is 40.6. The summed E-state index contributed by atoms with van der Waals surface area (Å²) in [5, 5.41) is 4.62. The molecule has 3 aromatic heterocycles. The van der Waals surface area contributed by atoms with E-state index < -0.39 is 0 Å². The summed E-state index contributed by atoms with van der Waals surface area (Å²) >= 11 is 0. The first kappa shape index (κ1) is 43.2. The Hall–Kier alpha value is -8.86. The molecule has 4 nitrogen and oxygen atoms in total. The van der Waals surface area contributed by atoms with Gasteiger partial charge in [0.1, 0.15) is 11.2 Å². The second kappa shape index (κ2) is 17.5. The minimum Gasteiger partial charge on any atom is -0.456 e. The predicted octanol–water partition coefficient (Wildman–Crippen LogP) is 18.1. The van der Waals surface area contributed by atoms with E-state index >= 15 is 0 Å². The second-order valence-electron chi connectivity index (χ2n) is 20.1. The number of nitrogens with zero attached hydrogens (tertiary/aromatic N) is 3. The van der Waals surface area contributed by atoms with Gasteiger partial charge in [-0.1, -0.05) is 203 Å². The van der Waals surface area contributed by atoms with Crippen LogP contribution in [0.2, 0.25) is 0 Å². The molecule has 1 unspecified atom stereocenters. The fraction of sp³-hybridized carbons (Fsp3) is 0.0882. The topological polar surface area (TPSA) is 43.9 Å². The highest BCUT2D eigenvalue weighted by Gasteiger charge is 2.32. The number of hydrogen-bond acceptors (Lipinski definition) is 3. The zero-order valence-electron chi connectivity index (χ0n) is 40.6. The molecule has 1 atom stereocenters. The van der Waals surface area contributed by atoms with Gasteiger partial charge in [-0.2, -0.15) is 0 Å². The van der Waals surface area contributed by atoms with Gasteiger partial charge in [-0.25, -0.2) is 9.97 Å². The van der Waals surface area contributed by atoms with Crippen molar-refractivity contribution < 1.29 is 4.42 Å². The van der Waals surface area contributed by atoms with Gasteiger partial charge in [-0.3, -0.25) is 0 Å². The van der Waals surface area contributed by atoms with Crippen LogP contribution in [0.25, 0.3) is 105 Å². The number of allylic oxidation sites excluding steroid dienone is 4. The lowest BCUT2D eigenvalue weighted by Gasteiger charge is -2.31. The maximum atomic E-state index is 6.43. The fourth-order valence-electron chi connectivity index (χ4n) is 10.9. The molecule has 0 amide bonds. The molecule has 0 spiro atoms. The zero-order chi connectivity index (χ0) is 48.3. The summed E-state index contributed by atoms with van der Waals surface area (Å²) in [5.41, 5.74) is 19.6. The highest BCUT2D eigenvalue weighted by atomic mass is 16.3. The van der Waals surface area contributed by atoms with Crippen LogP contribution in [0.4, 0.5) is 0 Å². The summed E-state index contributed by atoms with van der Waals surface area (Å²) in [5.74, 6) is 0.631. The van der Waals surface area contributed by atoms with Crippen LogP contribution >= 0.6 is 0 Å². The summed E-state index contributed by atoms with van der Waals surface area (Å²) in [4.78, 5) is 11.0. The molecule has 0 radical (unpaired) electrons. The van der Waals surface area contributed by atoms with E-state index in [2.05, 4.69) is 250 Å². The van der Waals surface area contributed by atoms with Crippen molar-refractivity contribution in [2.24, 2.45) is 0 Å². The minimum absolute atomic E-state index is 0.0108. The molecule has 0 fully saturated rings. The lowest BCUT2D eigenvalue weighted by Crippen LogP contribution is -2.16. The average Bonchev–Trinajstić information content (AvgIpc) is 3.98. The maximum Gasteiger partial charge on any atom is 0.156 e. The van der Waals surface area contributed by atoms with Crippen molar-refractivity contribution in [3.63, 3.8) is 0 Å². The number of aromatic nitrogens is 3. The van der Waals surface area contributed by atoms with Gasteiger partial charge in [-0.05, 0) is 111 Å². The molecule has 0 saturated carbocycles. The third-order valence-corrected chi connectivity index (χ3v) is 14.6. The largest absolute Gasteiger partial charge is 0.456 e. The third kappa shape index (κ3) is 7.73. The molecule has 3 heterocycles. The molecular formula is C68H51N3O. The van der Waals surface area contributed by atoms with Crippen LogP contribution < -0.4 is 0 Å². The molecule has 1 aliphatic rings. The number of fused-ring (bicyclic) bond motifs is 6. The van der Waals surface area contributed by atoms with Crippen molar-refractivity contribution in [2.75, 3.05) is 0 Å².